The fourth-order valence-electron chi connectivity index (χ4n) is 3.43. The number of aliphatic hydroxyl groups excluding tert-OH is 3. The molecule has 1 aliphatic heterocycles. The monoisotopic (exact) mass is 336 g/mol. The van der Waals surface area contributed by atoms with Gasteiger partial charge in [-0.05, 0) is 31.9 Å². The Hall–Kier alpha value is -1.47. The average molecular weight is 336 g/mol. The number of aryl methyl sites for hydroxylation is 1. The summed E-state index contributed by atoms with van der Waals surface area (Å²) < 4.78 is 0. The molecule has 0 saturated carbocycles. The SMILES string of the molecule is CCNC(=O)C1C(O)CC(O)C(CO)N1CCCc1ccccc1. The van der Waals surface area contributed by atoms with E-state index in [0.717, 1.165) is 12.8 Å². The summed E-state index contributed by atoms with van der Waals surface area (Å²) in [5.74, 6) is -0.255. The highest BCUT2D eigenvalue weighted by Crippen LogP contribution is 2.25. The summed E-state index contributed by atoms with van der Waals surface area (Å²) in [5.41, 5.74) is 1.20. The first-order valence-corrected chi connectivity index (χ1v) is 8.62. The molecule has 1 amide bonds. The molecule has 4 N–H and O–H groups in total. The minimum atomic E-state index is -0.939. The molecule has 1 saturated heterocycles. The van der Waals surface area contributed by atoms with Crippen LogP contribution in [0.5, 0.6) is 0 Å². The second-order valence-corrected chi connectivity index (χ2v) is 6.29. The minimum Gasteiger partial charge on any atom is -0.395 e. The molecule has 0 aliphatic carbocycles. The van der Waals surface area contributed by atoms with Crippen molar-refractivity contribution in [3.63, 3.8) is 0 Å². The number of likely N-dealkylation sites (tertiary alicyclic amines) is 1. The lowest BCUT2D eigenvalue weighted by Crippen LogP contribution is -2.65. The molecule has 6 heteroatoms. The number of amides is 1. The number of hydrogen-bond donors (Lipinski definition) is 4. The Bertz CT molecular complexity index is 511. The first kappa shape index (κ1) is 18.9. The molecular weight excluding hydrogens is 308 g/mol. The number of carbonyl (C=O) groups is 1. The van der Waals surface area contributed by atoms with E-state index >= 15 is 0 Å². The number of carbonyl (C=O) groups excluding carboxylic acids is 1. The normalized spacial score (nSPS) is 27.8. The van der Waals surface area contributed by atoms with Crippen molar-refractivity contribution in [1.82, 2.24) is 10.2 Å². The number of rotatable bonds is 7. The predicted octanol–water partition coefficient (Wildman–Crippen LogP) is -0.0877. The van der Waals surface area contributed by atoms with Crippen LogP contribution in [0.1, 0.15) is 25.3 Å². The lowest BCUT2D eigenvalue weighted by molar-refractivity contribution is -0.145. The summed E-state index contributed by atoms with van der Waals surface area (Å²) in [6.45, 7) is 2.59. The second-order valence-electron chi connectivity index (χ2n) is 6.29. The summed E-state index contributed by atoms with van der Waals surface area (Å²) >= 11 is 0. The van der Waals surface area contributed by atoms with Gasteiger partial charge in [-0.3, -0.25) is 9.69 Å². The Morgan fingerprint density at radius 1 is 1.25 bits per heavy atom. The summed E-state index contributed by atoms with van der Waals surface area (Å²) in [7, 11) is 0. The Morgan fingerprint density at radius 2 is 1.96 bits per heavy atom. The van der Waals surface area contributed by atoms with E-state index in [0.29, 0.717) is 13.1 Å². The number of benzene rings is 1. The number of nitrogens with zero attached hydrogens (tertiary/aromatic N) is 1. The van der Waals surface area contributed by atoms with Gasteiger partial charge in [0.2, 0.25) is 5.91 Å². The second kappa shape index (κ2) is 9.13. The van der Waals surface area contributed by atoms with Gasteiger partial charge in [0.25, 0.3) is 0 Å². The van der Waals surface area contributed by atoms with Gasteiger partial charge in [0.15, 0.2) is 0 Å². The molecule has 0 spiro atoms. The zero-order chi connectivity index (χ0) is 17.5. The molecule has 0 aromatic heterocycles. The van der Waals surface area contributed by atoms with Crippen LogP contribution in [0.15, 0.2) is 30.3 Å². The zero-order valence-corrected chi connectivity index (χ0v) is 14.1. The zero-order valence-electron chi connectivity index (χ0n) is 14.1. The van der Waals surface area contributed by atoms with Crippen molar-refractivity contribution in [3.8, 4) is 0 Å². The van der Waals surface area contributed by atoms with Crippen LogP contribution in [-0.4, -0.2) is 70.1 Å². The maximum Gasteiger partial charge on any atom is 0.240 e. The van der Waals surface area contributed by atoms with E-state index in [9.17, 15) is 20.1 Å². The van der Waals surface area contributed by atoms with Crippen LogP contribution in [0.3, 0.4) is 0 Å². The van der Waals surface area contributed by atoms with Gasteiger partial charge in [0.1, 0.15) is 6.04 Å². The third-order valence-corrected chi connectivity index (χ3v) is 4.61. The van der Waals surface area contributed by atoms with E-state index in [-0.39, 0.29) is 18.9 Å². The highest BCUT2D eigenvalue weighted by molar-refractivity contribution is 5.82. The summed E-state index contributed by atoms with van der Waals surface area (Å²) in [6, 6.07) is 8.76. The van der Waals surface area contributed by atoms with Crippen LogP contribution >= 0.6 is 0 Å². The number of aliphatic hydroxyl groups is 3. The molecule has 1 heterocycles. The van der Waals surface area contributed by atoms with E-state index in [2.05, 4.69) is 5.32 Å². The fraction of sp³-hybridized carbons (Fsp3) is 0.611. The van der Waals surface area contributed by atoms with Gasteiger partial charge in [-0.2, -0.15) is 0 Å². The van der Waals surface area contributed by atoms with Crippen molar-refractivity contribution in [1.29, 1.82) is 0 Å². The van der Waals surface area contributed by atoms with Crippen molar-refractivity contribution < 1.29 is 20.1 Å². The molecule has 4 unspecified atom stereocenters. The van der Waals surface area contributed by atoms with Crippen LogP contribution in [0.25, 0.3) is 0 Å². The number of piperidine rings is 1. The van der Waals surface area contributed by atoms with Gasteiger partial charge in [-0.15, -0.1) is 0 Å². The smallest absolute Gasteiger partial charge is 0.240 e. The van der Waals surface area contributed by atoms with Crippen LogP contribution in [-0.2, 0) is 11.2 Å². The highest BCUT2D eigenvalue weighted by Gasteiger charge is 2.44. The average Bonchev–Trinajstić information content (AvgIpc) is 2.56. The van der Waals surface area contributed by atoms with E-state index < -0.39 is 24.3 Å². The minimum absolute atomic E-state index is 0.0994. The van der Waals surface area contributed by atoms with Crippen LogP contribution < -0.4 is 5.32 Å². The maximum absolute atomic E-state index is 12.3. The van der Waals surface area contributed by atoms with Gasteiger partial charge in [0.05, 0.1) is 24.9 Å². The van der Waals surface area contributed by atoms with Gasteiger partial charge < -0.3 is 20.6 Å². The van der Waals surface area contributed by atoms with Crippen molar-refractivity contribution in [2.24, 2.45) is 0 Å². The Kier molecular flexibility index (Phi) is 7.17. The van der Waals surface area contributed by atoms with Crippen molar-refractivity contribution in [3.05, 3.63) is 35.9 Å². The summed E-state index contributed by atoms with van der Waals surface area (Å²) in [5, 5.41) is 32.8. The van der Waals surface area contributed by atoms with Crippen molar-refractivity contribution >= 4 is 5.91 Å². The first-order valence-electron chi connectivity index (χ1n) is 8.62. The standard InChI is InChI=1S/C18H28N2O4/c1-2-19-18(24)17-16(23)11-15(22)14(12-21)20(17)10-6-9-13-7-4-3-5-8-13/h3-5,7-8,14-17,21-23H,2,6,9-12H2,1H3,(H,19,24). The van der Waals surface area contributed by atoms with E-state index in [4.69, 9.17) is 0 Å². The quantitative estimate of drug-likeness (QED) is 0.559. The Labute approximate surface area is 143 Å². The third kappa shape index (κ3) is 4.54. The van der Waals surface area contributed by atoms with Crippen LogP contribution in [0.2, 0.25) is 0 Å². The fourth-order valence-corrected chi connectivity index (χ4v) is 3.43. The number of likely N-dealkylation sites (N-methyl/N-ethyl adjacent to an activating group) is 1. The molecule has 1 aromatic carbocycles. The molecular formula is C18H28N2O4. The molecule has 1 fully saturated rings. The predicted molar refractivity (Wildman–Crippen MR) is 91.4 cm³/mol. The molecule has 1 aliphatic rings. The maximum atomic E-state index is 12.3. The lowest BCUT2D eigenvalue weighted by atomic mass is 9.89. The van der Waals surface area contributed by atoms with Crippen molar-refractivity contribution in [2.75, 3.05) is 19.7 Å². The largest absolute Gasteiger partial charge is 0.395 e. The molecule has 1 aromatic rings. The third-order valence-electron chi connectivity index (χ3n) is 4.61. The van der Waals surface area contributed by atoms with Gasteiger partial charge >= 0.3 is 0 Å². The Morgan fingerprint density at radius 3 is 2.58 bits per heavy atom. The summed E-state index contributed by atoms with van der Waals surface area (Å²) in [6.07, 6.45) is -0.0690. The lowest BCUT2D eigenvalue weighted by Gasteiger charge is -2.45. The van der Waals surface area contributed by atoms with E-state index in [1.54, 1.807) is 4.90 Å². The molecule has 134 valence electrons. The Balaban J connectivity index is 2.07. The van der Waals surface area contributed by atoms with E-state index in [1.807, 2.05) is 37.3 Å². The number of nitrogens with one attached hydrogen (secondary N) is 1. The van der Waals surface area contributed by atoms with Crippen LogP contribution in [0.4, 0.5) is 0 Å². The first-order chi connectivity index (χ1) is 11.6. The van der Waals surface area contributed by atoms with Crippen LogP contribution in [0, 0.1) is 0 Å². The van der Waals surface area contributed by atoms with Gasteiger partial charge in [0, 0.05) is 13.0 Å². The molecule has 0 radical (unpaired) electrons. The number of hydrogen-bond acceptors (Lipinski definition) is 5. The van der Waals surface area contributed by atoms with Gasteiger partial charge in [-0.1, -0.05) is 30.3 Å². The summed E-state index contributed by atoms with van der Waals surface area (Å²) in [4.78, 5) is 14.1. The van der Waals surface area contributed by atoms with E-state index in [1.165, 1.54) is 5.56 Å². The molecule has 24 heavy (non-hydrogen) atoms. The topological polar surface area (TPSA) is 93.0 Å². The molecule has 2 rings (SSSR count). The molecule has 4 atom stereocenters. The molecule has 6 nitrogen and oxygen atoms in total. The molecule has 0 bridgehead atoms. The highest BCUT2D eigenvalue weighted by atomic mass is 16.3. The van der Waals surface area contributed by atoms with Crippen molar-refractivity contribution in [2.45, 2.75) is 50.5 Å². The van der Waals surface area contributed by atoms with Gasteiger partial charge in [-0.25, -0.2) is 0 Å².